The van der Waals surface area contributed by atoms with Crippen LogP contribution in [0.25, 0.3) is 44.3 Å². The third kappa shape index (κ3) is 15.6. The number of nitrogens with two attached hydrogens (primary N) is 1. The second-order valence-electron chi connectivity index (χ2n) is 21.7. The zero-order valence-corrected chi connectivity index (χ0v) is 46.5. The van der Waals surface area contributed by atoms with Gasteiger partial charge in [0.2, 0.25) is 11.8 Å². The quantitative estimate of drug-likeness (QED) is 0.0737. The van der Waals surface area contributed by atoms with Gasteiger partial charge in [-0.15, -0.1) is 0 Å². The highest BCUT2D eigenvalue weighted by molar-refractivity contribution is 5.79. The van der Waals surface area contributed by atoms with Crippen LogP contribution in [-0.4, -0.2) is 110 Å². The molecule has 2 saturated heterocycles. The maximum atomic E-state index is 13.4. The maximum Gasteiger partial charge on any atom is 0.224 e. The second-order valence-corrected chi connectivity index (χ2v) is 21.7. The van der Waals surface area contributed by atoms with Crippen molar-refractivity contribution in [2.24, 2.45) is 11.7 Å². The molecule has 0 aliphatic carbocycles. The first-order chi connectivity index (χ1) is 38.0. The number of carbonyl (C=O) groups excluding carboxylic acids is 2. The number of carbonyl (C=O) groups is 2. The van der Waals surface area contributed by atoms with Crippen molar-refractivity contribution >= 4 is 33.9 Å². The molecule has 2 aliphatic rings. The van der Waals surface area contributed by atoms with E-state index >= 15 is 0 Å². The van der Waals surface area contributed by atoms with Crippen molar-refractivity contribution in [1.29, 1.82) is 0 Å². The molecule has 6 heterocycles. The van der Waals surface area contributed by atoms with Crippen molar-refractivity contribution in [2.75, 3.05) is 53.6 Å². The molecular weight excluding hydrogens is 995 g/mol. The first kappa shape index (κ1) is 60.6. The molecule has 2 amide bonds. The maximum absolute atomic E-state index is 13.4. The predicted molar refractivity (Wildman–Crippen MR) is 326 cm³/mol. The van der Waals surface area contributed by atoms with Crippen LogP contribution >= 0.6 is 0 Å². The summed E-state index contributed by atoms with van der Waals surface area (Å²) in [6.45, 7) is 12.4. The lowest BCUT2D eigenvalue weighted by molar-refractivity contribution is -0.133. The third-order valence-corrected chi connectivity index (χ3v) is 15.5. The zero-order valence-electron chi connectivity index (χ0n) is 46.5. The SMILES string of the molecule is C.C.COCCCn1c([C@@H]2CCCN(C(=O)C[C@H](C)Cc3ccc(-c4ccc(C)nc4)cc3)C2)nc2ccccc21.COCCCn1c([C@@H]2CCCN(C(=O)C[C@H](N)Cc3ccc(-c4ccc(C)nc4)cc3)C2)nc2ccccc21. The van der Waals surface area contributed by atoms with Crippen molar-refractivity contribution < 1.29 is 19.1 Å². The van der Waals surface area contributed by atoms with Crippen LogP contribution < -0.4 is 5.73 Å². The molecule has 4 aromatic heterocycles. The molecule has 4 aromatic carbocycles. The largest absolute Gasteiger partial charge is 0.385 e. The molecule has 0 unspecified atom stereocenters. The van der Waals surface area contributed by atoms with Gasteiger partial charge in [-0.3, -0.25) is 19.6 Å². The molecule has 0 spiro atoms. The Morgan fingerprint density at radius 1 is 0.575 bits per heavy atom. The van der Waals surface area contributed by atoms with E-state index in [9.17, 15) is 9.59 Å². The highest BCUT2D eigenvalue weighted by Gasteiger charge is 2.31. The van der Waals surface area contributed by atoms with E-state index in [1.807, 2.05) is 55.4 Å². The van der Waals surface area contributed by atoms with Gasteiger partial charge >= 0.3 is 0 Å². The Labute approximate surface area is 476 Å². The van der Waals surface area contributed by atoms with E-state index in [0.29, 0.717) is 32.4 Å². The van der Waals surface area contributed by atoms with Gasteiger partial charge in [0.25, 0.3) is 0 Å². The summed E-state index contributed by atoms with van der Waals surface area (Å²) in [7, 11) is 3.48. The molecule has 0 radical (unpaired) electrons. The minimum absolute atomic E-state index is 0. The Morgan fingerprint density at radius 3 is 1.44 bits per heavy atom. The number of pyridine rings is 2. The summed E-state index contributed by atoms with van der Waals surface area (Å²) >= 11 is 0. The number of para-hydroxylation sites is 4. The third-order valence-electron chi connectivity index (χ3n) is 15.5. The number of rotatable bonds is 20. The minimum Gasteiger partial charge on any atom is -0.385 e. The van der Waals surface area contributed by atoms with Crippen LogP contribution in [0.4, 0.5) is 0 Å². The summed E-state index contributed by atoms with van der Waals surface area (Å²) in [6, 6.07) is 41.8. The van der Waals surface area contributed by atoms with Crippen molar-refractivity contribution in [3.05, 3.63) is 168 Å². The first-order valence-corrected chi connectivity index (χ1v) is 28.3. The fraction of sp³-hybridized carbons (Fsp3) is 0.433. The van der Waals surface area contributed by atoms with Gasteiger partial charge in [-0.1, -0.05) is 107 Å². The Balaban J connectivity index is 0.000000225. The number of aryl methyl sites for hydroxylation is 4. The molecule has 13 nitrogen and oxygen atoms in total. The van der Waals surface area contributed by atoms with Crippen LogP contribution in [0.3, 0.4) is 0 Å². The smallest absolute Gasteiger partial charge is 0.224 e. The van der Waals surface area contributed by atoms with Gasteiger partial charge in [-0.05, 0) is 130 Å². The van der Waals surface area contributed by atoms with E-state index < -0.39 is 0 Å². The summed E-state index contributed by atoms with van der Waals surface area (Å²) in [4.78, 5) is 49.6. The molecular formula is C67H87N9O4. The van der Waals surface area contributed by atoms with Crippen LogP contribution in [0.1, 0.15) is 119 Å². The zero-order chi connectivity index (χ0) is 54.4. The molecule has 4 atom stereocenters. The summed E-state index contributed by atoms with van der Waals surface area (Å²) in [5, 5.41) is 0. The number of benzene rings is 4. The number of hydrogen-bond donors (Lipinski definition) is 1. The van der Waals surface area contributed by atoms with E-state index in [0.717, 1.165) is 146 Å². The number of hydrogen-bond acceptors (Lipinski definition) is 9. The Kier molecular flexibility index (Phi) is 22.3. The highest BCUT2D eigenvalue weighted by Crippen LogP contribution is 2.33. The number of nitrogens with zero attached hydrogens (tertiary/aromatic N) is 8. The van der Waals surface area contributed by atoms with Crippen LogP contribution in [-0.2, 0) is 45.0 Å². The number of ether oxygens (including phenoxy) is 2. The average Bonchev–Trinajstić information content (AvgIpc) is 4.05. The van der Waals surface area contributed by atoms with Gasteiger partial charge in [0.05, 0.1) is 22.1 Å². The predicted octanol–water partition coefficient (Wildman–Crippen LogP) is 12.8. The van der Waals surface area contributed by atoms with Gasteiger partial charge in [0.1, 0.15) is 11.6 Å². The van der Waals surface area contributed by atoms with Gasteiger partial charge in [0, 0.05) is 132 Å². The summed E-state index contributed by atoms with van der Waals surface area (Å²) < 4.78 is 15.3. The number of imidazole rings is 2. The van der Waals surface area contributed by atoms with Gasteiger partial charge in [-0.2, -0.15) is 0 Å². The molecule has 0 bridgehead atoms. The molecule has 10 rings (SSSR count). The molecule has 80 heavy (non-hydrogen) atoms. The van der Waals surface area contributed by atoms with Crippen molar-refractivity contribution in [2.45, 2.75) is 131 Å². The Hall–Kier alpha value is -7.06. The number of piperidine rings is 2. The molecule has 0 saturated carbocycles. The molecule has 8 aromatic rings. The normalized spacial score (nSPS) is 16.1. The lowest BCUT2D eigenvalue weighted by Gasteiger charge is -2.33. The van der Waals surface area contributed by atoms with Crippen molar-refractivity contribution in [1.82, 2.24) is 38.9 Å². The van der Waals surface area contributed by atoms with Crippen LogP contribution in [0, 0.1) is 19.8 Å². The summed E-state index contributed by atoms with van der Waals surface area (Å²) in [5.74, 6) is 3.35. The van der Waals surface area contributed by atoms with Crippen molar-refractivity contribution in [3.63, 3.8) is 0 Å². The van der Waals surface area contributed by atoms with Crippen LogP contribution in [0.15, 0.2) is 134 Å². The lowest BCUT2D eigenvalue weighted by Crippen LogP contribution is -2.42. The fourth-order valence-corrected chi connectivity index (χ4v) is 11.4. The fourth-order valence-electron chi connectivity index (χ4n) is 11.4. The summed E-state index contributed by atoms with van der Waals surface area (Å²) in [5.41, 5.74) is 19.8. The number of amides is 2. The van der Waals surface area contributed by atoms with Gasteiger partial charge in [0.15, 0.2) is 0 Å². The first-order valence-electron chi connectivity index (χ1n) is 28.3. The van der Waals surface area contributed by atoms with E-state index in [4.69, 9.17) is 25.2 Å². The molecule has 2 N–H and O–H groups in total. The molecule has 2 aliphatic heterocycles. The van der Waals surface area contributed by atoms with Gasteiger partial charge < -0.3 is 34.1 Å². The van der Waals surface area contributed by atoms with E-state index in [1.54, 1.807) is 14.2 Å². The Bertz CT molecular complexity index is 2970. The highest BCUT2D eigenvalue weighted by atomic mass is 16.5. The van der Waals surface area contributed by atoms with E-state index in [2.05, 4.69) is 128 Å². The second kappa shape index (κ2) is 29.4. The molecule has 13 heteroatoms. The Morgan fingerprint density at radius 2 is 1.00 bits per heavy atom. The number of likely N-dealkylation sites (tertiary alicyclic amines) is 2. The standard InChI is InChI=1S/C33H40N4O2.C32H39N5O2.2CH4/c1-24(20-26-12-15-27(16-13-26)28-14-11-25(2)34-22-28)21-32(38)36-17-6-8-29(23-36)33-35-30-9-4-5-10-31(30)37(33)18-7-19-39-3;1-23-10-13-26(21-34-23)25-14-11-24(12-15-25)19-28(33)20-31(38)36-16-5-7-27(22-36)32-35-29-8-3-4-9-30(29)37(32)17-6-18-39-2;;/h4-5,9-16,22,24,29H,6-8,17-21,23H2,1-3H3;3-4,8-15,21,27-28H,5-7,16-20,22,33H2,1-2H3;2*1H4/t24-,29-;27-,28-;;/m11../s1. The van der Waals surface area contributed by atoms with Crippen LogP contribution in [0.5, 0.6) is 0 Å². The van der Waals surface area contributed by atoms with Crippen LogP contribution in [0.2, 0.25) is 0 Å². The van der Waals surface area contributed by atoms with E-state index in [1.165, 1.54) is 16.6 Å². The average molecular weight is 1080 g/mol. The van der Waals surface area contributed by atoms with E-state index in [-0.39, 0.29) is 50.5 Å². The molecule has 424 valence electrons. The topological polar surface area (TPSA) is 147 Å². The van der Waals surface area contributed by atoms with Crippen molar-refractivity contribution in [3.8, 4) is 22.3 Å². The number of fused-ring (bicyclic) bond motifs is 2. The number of aromatic nitrogens is 6. The molecule has 2 fully saturated rings. The monoisotopic (exact) mass is 1080 g/mol. The minimum atomic E-state index is -0.219. The summed E-state index contributed by atoms with van der Waals surface area (Å²) in [6.07, 6.45) is 12.3. The van der Waals surface area contributed by atoms with Gasteiger partial charge in [-0.25, -0.2) is 9.97 Å². The number of methoxy groups -OCH3 is 2. The lowest BCUT2D eigenvalue weighted by atomic mass is 9.93.